The molecule has 6 heteroatoms. The number of nitrogens with zero attached hydrogens (tertiary/aromatic N) is 1. The molecular formula is C7H16N2O3S. The van der Waals surface area contributed by atoms with Crippen LogP contribution in [0.3, 0.4) is 0 Å². The first-order valence-electron chi connectivity index (χ1n) is 4.38. The zero-order chi connectivity index (χ0) is 9.73. The minimum atomic E-state index is -2.79. The fraction of sp³-hybridized carbons (Fsp3) is 1.00. The minimum Gasteiger partial charge on any atom is -0.303 e. The Morgan fingerprint density at radius 1 is 1.31 bits per heavy atom. The fourth-order valence-corrected chi connectivity index (χ4v) is 2.70. The summed E-state index contributed by atoms with van der Waals surface area (Å²) in [5.74, 6) is 5.47. The summed E-state index contributed by atoms with van der Waals surface area (Å²) in [4.78, 5) is 6.51. The second-order valence-corrected chi connectivity index (χ2v) is 5.52. The van der Waals surface area contributed by atoms with Crippen LogP contribution < -0.4 is 5.90 Å². The Hall–Kier alpha value is -0.170. The Kier molecular flexibility index (Phi) is 4.11. The van der Waals surface area contributed by atoms with Gasteiger partial charge in [0.2, 0.25) is 0 Å². The van der Waals surface area contributed by atoms with Gasteiger partial charge in [-0.1, -0.05) is 0 Å². The molecule has 0 spiro atoms. The van der Waals surface area contributed by atoms with Crippen LogP contribution in [-0.4, -0.2) is 51.1 Å². The summed E-state index contributed by atoms with van der Waals surface area (Å²) in [5.41, 5.74) is 0. The lowest BCUT2D eigenvalue weighted by molar-refractivity contribution is 0.108. The van der Waals surface area contributed by atoms with Gasteiger partial charge < -0.3 is 4.84 Å². The predicted octanol–water partition coefficient (Wildman–Crippen LogP) is -1.00. The van der Waals surface area contributed by atoms with Gasteiger partial charge >= 0.3 is 0 Å². The van der Waals surface area contributed by atoms with E-state index >= 15 is 0 Å². The molecule has 0 aromatic rings. The zero-order valence-corrected chi connectivity index (χ0v) is 8.42. The summed E-state index contributed by atoms with van der Waals surface area (Å²) in [6.07, 6.45) is 0.715. The summed E-state index contributed by atoms with van der Waals surface area (Å²) < 4.78 is 22.4. The van der Waals surface area contributed by atoms with E-state index in [2.05, 4.69) is 9.74 Å². The molecule has 1 aliphatic heterocycles. The third-order valence-corrected chi connectivity index (χ3v) is 3.89. The molecule has 0 radical (unpaired) electrons. The summed E-state index contributed by atoms with van der Waals surface area (Å²) in [5, 5.41) is 0. The van der Waals surface area contributed by atoms with E-state index in [1.165, 1.54) is 0 Å². The Bertz CT molecular complexity index is 240. The molecule has 5 nitrogen and oxygen atoms in total. The highest BCUT2D eigenvalue weighted by Gasteiger charge is 2.18. The molecule has 0 atom stereocenters. The average Bonchev–Trinajstić information content (AvgIpc) is 2.23. The second-order valence-electron chi connectivity index (χ2n) is 3.22. The second kappa shape index (κ2) is 4.90. The van der Waals surface area contributed by atoms with Gasteiger partial charge in [0.15, 0.2) is 9.84 Å². The summed E-state index contributed by atoms with van der Waals surface area (Å²) in [6, 6.07) is 0. The number of sulfone groups is 1. The summed E-state index contributed by atoms with van der Waals surface area (Å²) in [7, 11) is -2.79. The third kappa shape index (κ3) is 4.04. The van der Waals surface area contributed by atoms with Gasteiger partial charge in [-0.2, -0.15) is 0 Å². The molecule has 1 aliphatic rings. The molecule has 0 amide bonds. The Morgan fingerprint density at radius 3 is 2.77 bits per heavy atom. The molecule has 78 valence electrons. The highest BCUT2D eigenvalue weighted by Crippen LogP contribution is 2.04. The van der Waals surface area contributed by atoms with E-state index in [-0.39, 0.29) is 5.75 Å². The first-order valence-corrected chi connectivity index (χ1v) is 6.21. The van der Waals surface area contributed by atoms with E-state index in [9.17, 15) is 8.42 Å². The van der Waals surface area contributed by atoms with Crippen molar-refractivity contribution in [2.45, 2.75) is 6.42 Å². The SMILES string of the molecule is NOCCN1CCCS(=O)(=O)CC1. The van der Waals surface area contributed by atoms with Crippen LogP contribution in [0.15, 0.2) is 0 Å². The molecule has 2 N–H and O–H groups in total. The molecule has 0 aliphatic carbocycles. The number of nitrogens with two attached hydrogens (primary N) is 1. The van der Waals surface area contributed by atoms with E-state index < -0.39 is 9.84 Å². The largest absolute Gasteiger partial charge is 0.303 e. The van der Waals surface area contributed by atoms with Gasteiger partial charge in [-0.15, -0.1) is 0 Å². The smallest absolute Gasteiger partial charge is 0.151 e. The molecular weight excluding hydrogens is 192 g/mol. The van der Waals surface area contributed by atoms with Crippen molar-refractivity contribution in [2.24, 2.45) is 5.90 Å². The first-order chi connectivity index (χ1) is 6.14. The molecule has 1 fully saturated rings. The fourth-order valence-electron chi connectivity index (χ4n) is 1.40. The maximum Gasteiger partial charge on any atom is 0.151 e. The van der Waals surface area contributed by atoms with Gasteiger partial charge in [0, 0.05) is 13.1 Å². The van der Waals surface area contributed by atoms with Crippen molar-refractivity contribution in [2.75, 3.05) is 37.7 Å². The molecule has 0 aromatic carbocycles. The monoisotopic (exact) mass is 208 g/mol. The van der Waals surface area contributed by atoms with Crippen molar-refractivity contribution >= 4 is 9.84 Å². The molecule has 13 heavy (non-hydrogen) atoms. The van der Waals surface area contributed by atoms with Crippen LogP contribution in [0.25, 0.3) is 0 Å². The van der Waals surface area contributed by atoms with Crippen LogP contribution >= 0.6 is 0 Å². The summed E-state index contributed by atoms with van der Waals surface area (Å²) >= 11 is 0. The standard InChI is InChI=1S/C7H16N2O3S/c8-12-5-3-9-2-1-6-13(10,11)7-4-9/h1-8H2. The lowest BCUT2D eigenvalue weighted by atomic mass is 10.4. The highest BCUT2D eigenvalue weighted by atomic mass is 32.2. The van der Waals surface area contributed by atoms with Crippen molar-refractivity contribution in [1.82, 2.24) is 4.90 Å². The Morgan fingerprint density at radius 2 is 2.08 bits per heavy atom. The van der Waals surface area contributed by atoms with Crippen LogP contribution in [0.1, 0.15) is 6.42 Å². The molecule has 1 rings (SSSR count). The lowest BCUT2D eigenvalue weighted by Gasteiger charge is -2.17. The van der Waals surface area contributed by atoms with Crippen molar-refractivity contribution in [3.8, 4) is 0 Å². The maximum absolute atomic E-state index is 11.2. The van der Waals surface area contributed by atoms with Gasteiger partial charge in [0.25, 0.3) is 0 Å². The van der Waals surface area contributed by atoms with Crippen molar-refractivity contribution in [3.05, 3.63) is 0 Å². The molecule has 0 bridgehead atoms. The van der Waals surface area contributed by atoms with Crippen LogP contribution in [0.4, 0.5) is 0 Å². The van der Waals surface area contributed by atoms with E-state index in [1.807, 2.05) is 0 Å². The van der Waals surface area contributed by atoms with E-state index in [4.69, 9.17) is 5.90 Å². The molecule has 0 unspecified atom stereocenters. The Balaban J connectivity index is 2.36. The van der Waals surface area contributed by atoms with Gasteiger partial charge in [0.1, 0.15) is 0 Å². The van der Waals surface area contributed by atoms with Crippen molar-refractivity contribution < 1.29 is 13.3 Å². The highest BCUT2D eigenvalue weighted by molar-refractivity contribution is 7.91. The van der Waals surface area contributed by atoms with Crippen LogP contribution in [0, 0.1) is 0 Å². The molecule has 0 aromatic heterocycles. The van der Waals surface area contributed by atoms with Crippen LogP contribution in [0.2, 0.25) is 0 Å². The van der Waals surface area contributed by atoms with Gasteiger partial charge in [0.05, 0.1) is 18.1 Å². The minimum absolute atomic E-state index is 0.261. The van der Waals surface area contributed by atoms with E-state index in [1.54, 1.807) is 0 Å². The average molecular weight is 208 g/mol. The quantitative estimate of drug-likeness (QED) is 0.602. The van der Waals surface area contributed by atoms with Crippen molar-refractivity contribution in [3.63, 3.8) is 0 Å². The lowest BCUT2D eigenvalue weighted by Crippen LogP contribution is -2.31. The van der Waals surface area contributed by atoms with Crippen molar-refractivity contribution in [1.29, 1.82) is 0 Å². The number of rotatable bonds is 3. The molecule has 0 saturated carbocycles. The number of hydrogen-bond acceptors (Lipinski definition) is 5. The van der Waals surface area contributed by atoms with E-state index in [0.717, 1.165) is 6.54 Å². The first kappa shape index (κ1) is 10.9. The van der Waals surface area contributed by atoms with Crippen LogP contribution in [-0.2, 0) is 14.7 Å². The van der Waals surface area contributed by atoms with Gasteiger partial charge in [-0.25, -0.2) is 14.3 Å². The number of hydrogen-bond donors (Lipinski definition) is 1. The predicted molar refractivity (Wildman–Crippen MR) is 49.9 cm³/mol. The topological polar surface area (TPSA) is 72.6 Å². The maximum atomic E-state index is 11.2. The molecule has 1 heterocycles. The van der Waals surface area contributed by atoms with Gasteiger partial charge in [-0.3, -0.25) is 4.90 Å². The van der Waals surface area contributed by atoms with E-state index in [0.29, 0.717) is 31.9 Å². The summed E-state index contributed by atoms with van der Waals surface area (Å²) in [6.45, 7) is 2.60. The zero-order valence-electron chi connectivity index (χ0n) is 7.61. The van der Waals surface area contributed by atoms with Gasteiger partial charge in [-0.05, 0) is 13.0 Å². The normalized spacial score (nSPS) is 24.1. The molecule has 1 saturated heterocycles. The third-order valence-electron chi connectivity index (χ3n) is 2.17. The Labute approximate surface area is 78.7 Å². The van der Waals surface area contributed by atoms with Crippen LogP contribution in [0.5, 0.6) is 0 Å².